The molecule has 96 valence electrons. The summed E-state index contributed by atoms with van der Waals surface area (Å²) in [6.45, 7) is 14.0. The van der Waals surface area contributed by atoms with Crippen LogP contribution in [-0.2, 0) is 4.74 Å². The third-order valence-electron chi connectivity index (χ3n) is 3.58. The molecule has 1 aliphatic heterocycles. The molecular formula is C13H28N2O. The van der Waals surface area contributed by atoms with Crippen LogP contribution in [0.2, 0.25) is 0 Å². The fraction of sp³-hybridized carbons (Fsp3) is 1.00. The summed E-state index contributed by atoms with van der Waals surface area (Å²) < 4.78 is 5.62. The number of nitrogens with two attached hydrogens (primary N) is 1. The van der Waals surface area contributed by atoms with Crippen molar-refractivity contribution < 1.29 is 4.74 Å². The van der Waals surface area contributed by atoms with Crippen molar-refractivity contribution in [3.63, 3.8) is 0 Å². The van der Waals surface area contributed by atoms with Gasteiger partial charge in [0.1, 0.15) is 0 Å². The van der Waals surface area contributed by atoms with E-state index in [-0.39, 0.29) is 11.5 Å². The summed E-state index contributed by atoms with van der Waals surface area (Å²) in [5.74, 6) is 0. The Morgan fingerprint density at radius 3 is 2.56 bits per heavy atom. The molecule has 0 aromatic carbocycles. The van der Waals surface area contributed by atoms with Gasteiger partial charge in [0.05, 0.1) is 12.7 Å². The van der Waals surface area contributed by atoms with E-state index in [2.05, 4.69) is 39.5 Å². The molecule has 0 amide bonds. The van der Waals surface area contributed by atoms with Crippen molar-refractivity contribution >= 4 is 0 Å². The molecule has 1 rings (SSSR count). The Labute approximate surface area is 100 Å². The summed E-state index contributed by atoms with van der Waals surface area (Å²) in [6.07, 6.45) is 1.43. The smallest absolute Gasteiger partial charge is 0.0674 e. The van der Waals surface area contributed by atoms with E-state index in [4.69, 9.17) is 10.5 Å². The maximum Gasteiger partial charge on any atom is 0.0674 e. The van der Waals surface area contributed by atoms with Gasteiger partial charge in [-0.2, -0.15) is 0 Å². The minimum Gasteiger partial charge on any atom is -0.376 e. The van der Waals surface area contributed by atoms with Crippen LogP contribution in [0.3, 0.4) is 0 Å². The number of ether oxygens (including phenoxy) is 1. The van der Waals surface area contributed by atoms with Crippen molar-refractivity contribution in [2.45, 2.75) is 59.2 Å². The van der Waals surface area contributed by atoms with Gasteiger partial charge in [0.25, 0.3) is 0 Å². The maximum atomic E-state index is 6.19. The standard InChI is InChI=1S/C13H28N2O/c1-10-9-16-11(2)8-15(10)7-6-12(14)13(3,4)5/h10-12H,6-9,14H2,1-5H3. The molecule has 1 fully saturated rings. The minimum absolute atomic E-state index is 0.209. The fourth-order valence-corrected chi connectivity index (χ4v) is 2.02. The molecule has 3 atom stereocenters. The van der Waals surface area contributed by atoms with Crippen molar-refractivity contribution in [2.24, 2.45) is 11.1 Å². The van der Waals surface area contributed by atoms with Gasteiger partial charge in [-0.1, -0.05) is 20.8 Å². The van der Waals surface area contributed by atoms with Crippen molar-refractivity contribution in [1.82, 2.24) is 4.90 Å². The molecule has 0 aromatic heterocycles. The summed E-state index contributed by atoms with van der Waals surface area (Å²) >= 11 is 0. The Morgan fingerprint density at radius 1 is 1.38 bits per heavy atom. The van der Waals surface area contributed by atoms with E-state index in [0.29, 0.717) is 12.1 Å². The number of hydrogen-bond donors (Lipinski definition) is 1. The molecule has 3 nitrogen and oxygen atoms in total. The van der Waals surface area contributed by atoms with Gasteiger partial charge in [-0.05, 0) is 25.7 Å². The van der Waals surface area contributed by atoms with Crippen LogP contribution in [0.5, 0.6) is 0 Å². The van der Waals surface area contributed by atoms with Crippen LogP contribution in [0.4, 0.5) is 0 Å². The van der Waals surface area contributed by atoms with Crippen LogP contribution in [0.25, 0.3) is 0 Å². The van der Waals surface area contributed by atoms with E-state index in [9.17, 15) is 0 Å². The largest absolute Gasteiger partial charge is 0.376 e. The van der Waals surface area contributed by atoms with Gasteiger partial charge in [0, 0.05) is 25.2 Å². The van der Waals surface area contributed by atoms with Crippen LogP contribution in [0.1, 0.15) is 41.0 Å². The molecule has 0 radical (unpaired) electrons. The van der Waals surface area contributed by atoms with Gasteiger partial charge >= 0.3 is 0 Å². The topological polar surface area (TPSA) is 38.5 Å². The van der Waals surface area contributed by atoms with Gasteiger partial charge in [0.15, 0.2) is 0 Å². The minimum atomic E-state index is 0.209. The molecule has 1 heterocycles. The lowest BCUT2D eigenvalue weighted by Gasteiger charge is -2.38. The van der Waals surface area contributed by atoms with Gasteiger partial charge < -0.3 is 10.5 Å². The first kappa shape index (κ1) is 13.9. The van der Waals surface area contributed by atoms with Crippen molar-refractivity contribution in [3.05, 3.63) is 0 Å². The van der Waals surface area contributed by atoms with Gasteiger partial charge in [0.2, 0.25) is 0 Å². The maximum absolute atomic E-state index is 6.19. The van der Waals surface area contributed by atoms with Gasteiger partial charge in [-0.3, -0.25) is 4.90 Å². The van der Waals surface area contributed by atoms with Crippen LogP contribution in [-0.4, -0.2) is 42.8 Å². The first-order valence-corrected chi connectivity index (χ1v) is 6.42. The third kappa shape index (κ3) is 4.04. The summed E-state index contributed by atoms with van der Waals surface area (Å²) in [5, 5.41) is 0. The molecule has 1 saturated heterocycles. The number of nitrogens with zero attached hydrogens (tertiary/aromatic N) is 1. The van der Waals surface area contributed by atoms with Crippen LogP contribution in [0.15, 0.2) is 0 Å². The molecule has 3 heteroatoms. The monoisotopic (exact) mass is 228 g/mol. The zero-order valence-corrected chi connectivity index (χ0v) is 11.5. The normalized spacial score (nSPS) is 30.4. The summed E-state index contributed by atoms with van der Waals surface area (Å²) in [5.41, 5.74) is 6.40. The first-order valence-electron chi connectivity index (χ1n) is 6.42. The van der Waals surface area contributed by atoms with E-state index in [0.717, 1.165) is 26.1 Å². The van der Waals surface area contributed by atoms with E-state index in [1.165, 1.54) is 0 Å². The molecule has 2 N–H and O–H groups in total. The Balaban J connectivity index is 2.36. The molecule has 3 unspecified atom stereocenters. The Hall–Kier alpha value is -0.120. The van der Waals surface area contributed by atoms with Crippen LogP contribution in [0, 0.1) is 5.41 Å². The lowest BCUT2D eigenvalue weighted by atomic mass is 9.85. The van der Waals surface area contributed by atoms with Crippen molar-refractivity contribution in [1.29, 1.82) is 0 Å². The highest BCUT2D eigenvalue weighted by Gasteiger charge is 2.26. The van der Waals surface area contributed by atoms with E-state index < -0.39 is 0 Å². The Morgan fingerprint density at radius 2 is 2.00 bits per heavy atom. The molecule has 1 aliphatic rings. The highest BCUT2D eigenvalue weighted by molar-refractivity contribution is 4.81. The Kier molecular flexibility index (Phi) is 4.77. The third-order valence-corrected chi connectivity index (χ3v) is 3.58. The summed E-state index contributed by atoms with van der Waals surface area (Å²) in [4.78, 5) is 2.50. The summed E-state index contributed by atoms with van der Waals surface area (Å²) in [7, 11) is 0. The average Bonchev–Trinajstić information content (AvgIpc) is 2.17. The van der Waals surface area contributed by atoms with Crippen molar-refractivity contribution in [2.75, 3.05) is 19.7 Å². The van der Waals surface area contributed by atoms with E-state index >= 15 is 0 Å². The predicted octanol–water partition coefficient (Wildman–Crippen LogP) is 1.86. The zero-order chi connectivity index (χ0) is 12.3. The highest BCUT2D eigenvalue weighted by atomic mass is 16.5. The molecule has 0 bridgehead atoms. The molecular weight excluding hydrogens is 200 g/mol. The predicted molar refractivity (Wildman–Crippen MR) is 68.5 cm³/mol. The SMILES string of the molecule is CC1CN(CCC(N)C(C)(C)C)C(C)CO1. The number of hydrogen-bond acceptors (Lipinski definition) is 3. The van der Waals surface area contributed by atoms with Crippen LogP contribution >= 0.6 is 0 Å². The molecule has 0 saturated carbocycles. The second-order valence-electron chi connectivity index (χ2n) is 6.25. The van der Waals surface area contributed by atoms with Crippen molar-refractivity contribution in [3.8, 4) is 0 Å². The first-order chi connectivity index (χ1) is 7.30. The van der Waals surface area contributed by atoms with Crippen LogP contribution < -0.4 is 5.73 Å². The molecule has 16 heavy (non-hydrogen) atoms. The molecule has 0 aromatic rings. The lowest BCUT2D eigenvalue weighted by molar-refractivity contribution is -0.0507. The second kappa shape index (κ2) is 5.48. The van der Waals surface area contributed by atoms with E-state index in [1.54, 1.807) is 0 Å². The highest BCUT2D eigenvalue weighted by Crippen LogP contribution is 2.21. The number of rotatable bonds is 3. The van der Waals surface area contributed by atoms with Gasteiger partial charge in [-0.15, -0.1) is 0 Å². The zero-order valence-electron chi connectivity index (χ0n) is 11.5. The Bertz CT molecular complexity index is 212. The molecule has 0 spiro atoms. The second-order valence-corrected chi connectivity index (χ2v) is 6.25. The quantitative estimate of drug-likeness (QED) is 0.801. The molecule has 0 aliphatic carbocycles. The lowest BCUT2D eigenvalue weighted by Crippen LogP contribution is -2.49. The van der Waals surface area contributed by atoms with E-state index in [1.807, 2.05) is 0 Å². The van der Waals surface area contributed by atoms with Gasteiger partial charge in [-0.25, -0.2) is 0 Å². The average molecular weight is 228 g/mol. The fourth-order valence-electron chi connectivity index (χ4n) is 2.02. The number of morpholine rings is 1. The summed E-state index contributed by atoms with van der Waals surface area (Å²) in [6, 6.07) is 0.807.